The van der Waals surface area contributed by atoms with Crippen LogP contribution in [0.1, 0.15) is 0 Å². The molecule has 2 heterocycles. The maximum absolute atomic E-state index is 3.59. The van der Waals surface area contributed by atoms with Gasteiger partial charge in [-0.1, -0.05) is 36.4 Å². The van der Waals surface area contributed by atoms with Crippen molar-refractivity contribution in [2.24, 2.45) is 0 Å². The number of fused-ring (bicyclic) bond motifs is 6. The minimum atomic E-state index is 1.10. The molecule has 0 atom stereocenters. The Morgan fingerprint density at radius 3 is 2.15 bits per heavy atom. The standard InChI is InChI=1S/C24H16N2S/c1-3-7-21-17(5-1)19-13-15(9-11-22(19)26-21)25-16-10-12-24-20(14-16)18-6-2-4-8-23(18)27-24/h1-14,25-26H. The van der Waals surface area contributed by atoms with E-state index in [-0.39, 0.29) is 0 Å². The lowest BCUT2D eigenvalue weighted by Crippen LogP contribution is -1.89. The SMILES string of the molecule is c1ccc2c(c1)[nH]c1ccc(Nc3ccc4sc5ccccc5c4c3)cc12. The van der Waals surface area contributed by atoms with Gasteiger partial charge in [-0.3, -0.25) is 0 Å². The van der Waals surface area contributed by atoms with Crippen LogP contribution in [0.15, 0.2) is 84.9 Å². The summed E-state index contributed by atoms with van der Waals surface area (Å²) in [6, 6.07) is 30.2. The van der Waals surface area contributed by atoms with E-state index in [0.29, 0.717) is 0 Å². The molecular formula is C24H16N2S. The molecule has 0 bridgehead atoms. The van der Waals surface area contributed by atoms with Crippen LogP contribution in [0.4, 0.5) is 11.4 Å². The average molecular weight is 364 g/mol. The highest BCUT2D eigenvalue weighted by atomic mass is 32.1. The van der Waals surface area contributed by atoms with Crippen LogP contribution < -0.4 is 5.32 Å². The van der Waals surface area contributed by atoms with E-state index in [0.717, 1.165) is 11.4 Å². The molecule has 0 radical (unpaired) electrons. The van der Waals surface area contributed by atoms with E-state index in [9.17, 15) is 0 Å². The number of thiophene rings is 1. The molecule has 0 spiro atoms. The number of rotatable bonds is 2. The first-order valence-corrected chi connectivity index (χ1v) is 9.86. The number of benzene rings is 4. The van der Waals surface area contributed by atoms with Gasteiger partial charge >= 0.3 is 0 Å². The van der Waals surface area contributed by atoms with Gasteiger partial charge in [0.1, 0.15) is 0 Å². The van der Waals surface area contributed by atoms with Gasteiger partial charge in [-0.05, 0) is 48.5 Å². The highest BCUT2D eigenvalue weighted by Gasteiger charge is 2.07. The average Bonchev–Trinajstić information content (AvgIpc) is 3.26. The van der Waals surface area contributed by atoms with Gasteiger partial charge in [0, 0.05) is 53.4 Å². The quantitative estimate of drug-likeness (QED) is 0.328. The van der Waals surface area contributed by atoms with E-state index in [1.807, 2.05) is 11.3 Å². The molecule has 4 aromatic carbocycles. The lowest BCUT2D eigenvalue weighted by atomic mass is 10.1. The number of anilines is 2. The van der Waals surface area contributed by atoms with Crippen LogP contribution in [0, 0.1) is 0 Å². The molecule has 0 fully saturated rings. The summed E-state index contributed by atoms with van der Waals surface area (Å²) in [5, 5.41) is 8.74. The Bertz CT molecular complexity index is 1340. The number of hydrogen-bond donors (Lipinski definition) is 2. The number of aromatic nitrogens is 1. The van der Waals surface area contributed by atoms with Crippen LogP contribution in [0.5, 0.6) is 0 Å². The highest BCUT2D eigenvalue weighted by Crippen LogP contribution is 2.36. The lowest BCUT2D eigenvalue weighted by molar-refractivity contribution is 1.54. The van der Waals surface area contributed by atoms with Gasteiger partial charge in [-0.2, -0.15) is 0 Å². The molecule has 0 aliphatic carbocycles. The van der Waals surface area contributed by atoms with Crippen molar-refractivity contribution in [1.82, 2.24) is 4.98 Å². The van der Waals surface area contributed by atoms with Crippen molar-refractivity contribution in [3.05, 3.63) is 84.9 Å². The van der Waals surface area contributed by atoms with Crippen molar-refractivity contribution in [2.75, 3.05) is 5.32 Å². The van der Waals surface area contributed by atoms with Gasteiger partial charge in [0.15, 0.2) is 0 Å². The summed E-state index contributed by atoms with van der Waals surface area (Å²) in [5.74, 6) is 0. The molecule has 0 saturated heterocycles. The molecule has 2 nitrogen and oxygen atoms in total. The molecule has 2 aromatic heterocycles. The first-order chi connectivity index (χ1) is 13.3. The molecule has 2 N–H and O–H groups in total. The molecule has 0 saturated carbocycles. The van der Waals surface area contributed by atoms with Crippen LogP contribution in [0.25, 0.3) is 42.0 Å². The summed E-state index contributed by atoms with van der Waals surface area (Å²) in [4.78, 5) is 3.48. The largest absolute Gasteiger partial charge is 0.355 e. The summed E-state index contributed by atoms with van der Waals surface area (Å²) in [6.07, 6.45) is 0. The van der Waals surface area contributed by atoms with Gasteiger partial charge < -0.3 is 10.3 Å². The molecule has 3 heteroatoms. The summed E-state index contributed by atoms with van der Waals surface area (Å²) in [5.41, 5.74) is 4.56. The van der Waals surface area contributed by atoms with Crippen molar-refractivity contribution in [3.63, 3.8) is 0 Å². The molecule has 6 rings (SSSR count). The van der Waals surface area contributed by atoms with Gasteiger partial charge in [0.2, 0.25) is 0 Å². The molecule has 0 aliphatic rings. The third-order valence-electron chi connectivity index (χ3n) is 5.17. The molecule has 6 aromatic rings. The monoisotopic (exact) mass is 364 g/mol. The highest BCUT2D eigenvalue weighted by molar-refractivity contribution is 7.25. The third kappa shape index (κ3) is 2.32. The minimum Gasteiger partial charge on any atom is -0.355 e. The molecule has 0 amide bonds. The normalized spacial score (nSPS) is 11.7. The van der Waals surface area contributed by atoms with Crippen molar-refractivity contribution in [2.45, 2.75) is 0 Å². The summed E-state index contributed by atoms with van der Waals surface area (Å²) in [7, 11) is 0. The van der Waals surface area contributed by atoms with Crippen molar-refractivity contribution in [3.8, 4) is 0 Å². The maximum atomic E-state index is 3.59. The van der Waals surface area contributed by atoms with Crippen LogP contribution in [0.2, 0.25) is 0 Å². The van der Waals surface area contributed by atoms with E-state index in [4.69, 9.17) is 0 Å². The van der Waals surface area contributed by atoms with Crippen LogP contribution in [-0.2, 0) is 0 Å². The van der Waals surface area contributed by atoms with E-state index in [1.54, 1.807) is 0 Å². The second kappa shape index (κ2) is 5.60. The lowest BCUT2D eigenvalue weighted by Gasteiger charge is -2.07. The number of nitrogens with one attached hydrogen (secondary N) is 2. The maximum Gasteiger partial charge on any atom is 0.0466 e. The van der Waals surface area contributed by atoms with E-state index < -0.39 is 0 Å². The summed E-state index contributed by atoms with van der Waals surface area (Å²) < 4.78 is 2.67. The van der Waals surface area contributed by atoms with E-state index >= 15 is 0 Å². The van der Waals surface area contributed by atoms with Gasteiger partial charge in [0.25, 0.3) is 0 Å². The van der Waals surface area contributed by atoms with Crippen LogP contribution >= 0.6 is 11.3 Å². The fourth-order valence-electron chi connectivity index (χ4n) is 3.90. The molecule has 0 aliphatic heterocycles. The topological polar surface area (TPSA) is 27.8 Å². The smallest absolute Gasteiger partial charge is 0.0466 e. The Labute approximate surface area is 160 Å². The van der Waals surface area contributed by atoms with E-state index in [2.05, 4.69) is 95.2 Å². The van der Waals surface area contributed by atoms with Crippen LogP contribution in [0.3, 0.4) is 0 Å². The Morgan fingerprint density at radius 2 is 1.22 bits per heavy atom. The first kappa shape index (κ1) is 14.8. The van der Waals surface area contributed by atoms with E-state index in [1.165, 1.54) is 42.0 Å². The predicted octanol–water partition coefficient (Wildman–Crippen LogP) is 7.43. The summed E-state index contributed by atoms with van der Waals surface area (Å²) >= 11 is 1.85. The molecule has 128 valence electrons. The van der Waals surface area contributed by atoms with Gasteiger partial charge in [-0.25, -0.2) is 0 Å². The Balaban J connectivity index is 1.46. The Hall–Kier alpha value is -3.30. The predicted molar refractivity (Wildman–Crippen MR) is 118 cm³/mol. The second-order valence-corrected chi connectivity index (χ2v) is 7.95. The fourth-order valence-corrected chi connectivity index (χ4v) is 4.98. The van der Waals surface area contributed by atoms with Crippen molar-refractivity contribution in [1.29, 1.82) is 0 Å². The molecule has 27 heavy (non-hydrogen) atoms. The van der Waals surface area contributed by atoms with Crippen molar-refractivity contribution < 1.29 is 0 Å². The molecular weight excluding hydrogens is 348 g/mol. The molecule has 0 unspecified atom stereocenters. The third-order valence-corrected chi connectivity index (χ3v) is 6.32. The zero-order chi connectivity index (χ0) is 17.8. The van der Waals surface area contributed by atoms with Crippen LogP contribution in [-0.4, -0.2) is 4.98 Å². The number of para-hydroxylation sites is 1. The first-order valence-electron chi connectivity index (χ1n) is 9.04. The zero-order valence-electron chi connectivity index (χ0n) is 14.5. The number of hydrogen-bond acceptors (Lipinski definition) is 2. The number of H-pyrrole nitrogens is 1. The Kier molecular flexibility index (Phi) is 3.07. The minimum absolute atomic E-state index is 1.10. The van der Waals surface area contributed by atoms with Gasteiger partial charge in [0.05, 0.1) is 0 Å². The second-order valence-electron chi connectivity index (χ2n) is 6.87. The zero-order valence-corrected chi connectivity index (χ0v) is 15.3. The van der Waals surface area contributed by atoms with Crippen molar-refractivity contribution >= 4 is 64.7 Å². The number of aromatic amines is 1. The van der Waals surface area contributed by atoms with Gasteiger partial charge in [-0.15, -0.1) is 11.3 Å². The fraction of sp³-hybridized carbons (Fsp3) is 0. The Morgan fingerprint density at radius 1 is 0.556 bits per heavy atom. The summed E-state index contributed by atoms with van der Waals surface area (Å²) in [6.45, 7) is 0.